The summed E-state index contributed by atoms with van der Waals surface area (Å²) in [6, 6.07) is 5.12. The molecule has 3 aliphatic heterocycles. The van der Waals surface area contributed by atoms with Crippen molar-refractivity contribution >= 4 is 15.9 Å². The predicted molar refractivity (Wildman–Crippen MR) is 86.5 cm³/mol. The number of nitrogens with one attached hydrogen (secondary N) is 1. The molecule has 3 heterocycles. The first kappa shape index (κ1) is 15.7. The number of rotatable bonds is 3. The summed E-state index contributed by atoms with van der Waals surface area (Å²) in [4.78, 5) is 12.5. The Labute approximate surface area is 141 Å². The van der Waals surface area contributed by atoms with Crippen LogP contribution in [0.5, 0.6) is 11.5 Å². The normalized spacial score (nSPS) is 28.8. The molecule has 2 bridgehead atoms. The van der Waals surface area contributed by atoms with Crippen molar-refractivity contribution in [3.63, 3.8) is 0 Å². The molecule has 2 atom stereocenters. The van der Waals surface area contributed by atoms with E-state index in [1.807, 2.05) is 0 Å². The number of carbonyl (C=O) groups excluding carboxylic acids is 1. The van der Waals surface area contributed by atoms with Crippen LogP contribution in [-0.2, 0) is 10.0 Å². The molecule has 2 fully saturated rings. The van der Waals surface area contributed by atoms with Gasteiger partial charge in [0.15, 0.2) is 11.5 Å². The largest absolute Gasteiger partial charge is 0.454 e. The van der Waals surface area contributed by atoms with E-state index in [9.17, 15) is 13.2 Å². The highest BCUT2D eigenvalue weighted by molar-refractivity contribution is 7.88. The number of hydrogen-bond donors (Lipinski definition) is 1. The standard InChI is InChI=1S/C16H20N2O5S/c1-24(20,21)18-12-3-4-13(18)8-11(7-12)17-16(19)10-2-5-14-15(6-10)23-9-22-14/h2,5-6,11-13H,3-4,7-9H2,1H3,(H,17,19)/t12-,13-/m0/s1. The molecule has 1 aromatic carbocycles. The van der Waals surface area contributed by atoms with Crippen molar-refractivity contribution < 1.29 is 22.7 Å². The summed E-state index contributed by atoms with van der Waals surface area (Å²) in [6.07, 6.45) is 4.34. The van der Waals surface area contributed by atoms with E-state index in [2.05, 4.69) is 5.32 Å². The van der Waals surface area contributed by atoms with Gasteiger partial charge in [-0.05, 0) is 43.9 Å². The van der Waals surface area contributed by atoms with Crippen molar-refractivity contribution in [2.45, 2.75) is 43.8 Å². The van der Waals surface area contributed by atoms with Crippen LogP contribution >= 0.6 is 0 Å². The van der Waals surface area contributed by atoms with E-state index in [-0.39, 0.29) is 30.8 Å². The monoisotopic (exact) mass is 352 g/mol. The second-order valence-corrected chi connectivity index (χ2v) is 8.58. The van der Waals surface area contributed by atoms with Gasteiger partial charge in [0.2, 0.25) is 16.8 Å². The average molecular weight is 352 g/mol. The summed E-state index contributed by atoms with van der Waals surface area (Å²) in [7, 11) is -3.18. The number of carbonyl (C=O) groups is 1. The van der Waals surface area contributed by atoms with Gasteiger partial charge in [-0.25, -0.2) is 8.42 Å². The Morgan fingerprint density at radius 3 is 2.50 bits per heavy atom. The fourth-order valence-corrected chi connectivity index (χ4v) is 5.57. The minimum absolute atomic E-state index is 0.000744. The first-order chi connectivity index (χ1) is 11.4. The third-order valence-electron chi connectivity index (χ3n) is 5.02. The van der Waals surface area contributed by atoms with Crippen molar-refractivity contribution in [2.75, 3.05) is 13.0 Å². The van der Waals surface area contributed by atoms with Crippen molar-refractivity contribution in [3.8, 4) is 11.5 Å². The zero-order valence-corrected chi connectivity index (χ0v) is 14.2. The zero-order valence-electron chi connectivity index (χ0n) is 13.4. The quantitative estimate of drug-likeness (QED) is 0.881. The second-order valence-electron chi connectivity index (χ2n) is 6.69. The topological polar surface area (TPSA) is 84.9 Å². The van der Waals surface area contributed by atoms with Crippen LogP contribution in [0.25, 0.3) is 0 Å². The van der Waals surface area contributed by atoms with E-state index in [0.29, 0.717) is 29.9 Å². The first-order valence-electron chi connectivity index (χ1n) is 8.11. The number of fused-ring (bicyclic) bond motifs is 3. The summed E-state index contributed by atoms with van der Waals surface area (Å²) in [6.45, 7) is 0.174. The molecule has 0 saturated carbocycles. The molecular formula is C16H20N2O5S. The molecule has 1 aromatic rings. The third kappa shape index (κ3) is 2.73. The van der Waals surface area contributed by atoms with Crippen molar-refractivity contribution in [1.29, 1.82) is 0 Å². The zero-order chi connectivity index (χ0) is 16.9. The highest BCUT2D eigenvalue weighted by Crippen LogP contribution is 2.38. The van der Waals surface area contributed by atoms with Gasteiger partial charge in [-0.15, -0.1) is 0 Å². The minimum atomic E-state index is -3.18. The average Bonchev–Trinajstić information content (AvgIpc) is 3.09. The molecule has 0 unspecified atom stereocenters. The Bertz CT molecular complexity index is 765. The van der Waals surface area contributed by atoms with Crippen LogP contribution in [0, 0.1) is 0 Å². The van der Waals surface area contributed by atoms with Gasteiger partial charge in [0.25, 0.3) is 5.91 Å². The highest BCUT2D eigenvalue weighted by atomic mass is 32.2. The van der Waals surface area contributed by atoms with Crippen LogP contribution in [0.1, 0.15) is 36.0 Å². The molecule has 1 amide bonds. The maximum absolute atomic E-state index is 12.5. The minimum Gasteiger partial charge on any atom is -0.454 e. The highest BCUT2D eigenvalue weighted by Gasteiger charge is 2.45. The summed E-state index contributed by atoms with van der Waals surface area (Å²) in [5.74, 6) is 1.06. The number of piperidine rings is 1. The van der Waals surface area contributed by atoms with Gasteiger partial charge in [0, 0.05) is 23.7 Å². The van der Waals surface area contributed by atoms with Gasteiger partial charge >= 0.3 is 0 Å². The van der Waals surface area contributed by atoms with Crippen LogP contribution < -0.4 is 14.8 Å². The maximum Gasteiger partial charge on any atom is 0.251 e. The second kappa shape index (κ2) is 5.63. The number of ether oxygens (including phenoxy) is 2. The van der Waals surface area contributed by atoms with E-state index in [1.54, 1.807) is 22.5 Å². The number of hydrogen-bond acceptors (Lipinski definition) is 5. The maximum atomic E-state index is 12.5. The van der Waals surface area contributed by atoms with E-state index in [1.165, 1.54) is 6.26 Å². The van der Waals surface area contributed by atoms with Crippen molar-refractivity contribution in [2.24, 2.45) is 0 Å². The molecule has 8 heteroatoms. The molecule has 24 heavy (non-hydrogen) atoms. The lowest BCUT2D eigenvalue weighted by molar-refractivity contribution is 0.0909. The van der Waals surface area contributed by atoms with Crippen LogP contribution in [-0.4, -0.2) is 49.8 Å². The van der Waals surface area contributed by atoms with Gasteiger partial charge in [-0.1, -0.05) is 0 Å². The van der Waals surface area contributed by atoms with Crippen LogP contribution in [0.3, 0.4) is 0 Å². The van der Waals surface area contributed by atoms with Crippen molar-refractivity contribution in [3.05, 3.63) is 23.8 Å². The van der Waals surface area contributed by atoms with Crippen LogP contribution in [0.4, 0.5) is 0 Å². The number of benzene rings is 1. The number of nitrogens with zero attached hydrogens (tertiary/aromatic N) is 1. The Morgan fingerprint density at radius 1 is 1.17 bits per heavy atom. The third-order valence-corrected chi connectivity index (χ3v) is 6.38. The van der Waals surface area contributed by atoms with E-state index >= 15 is 0 Å². The molecule has 1 N–H and O–H groups in total. The predicted octanol–water partition coefficient (Wildman–Crippen LogP) is 1.10. The molecule has 7 nitrogen and oxygen atoms in total. The summed E-state index contributed by atoms with van der Waals surface area (Å²) >= 11 is 0. The molecule has 0 radical (unpaired) electrons. The SMILES string of the molecule is CS(=O)(=O)N1[C@H]2CC[C@H]1CC(NC(=O)c1ccc3c(c1)OCO3)C2. The molecule has 2 saturated heterocycles. The van der Waals surface area contributed by atoms with E-state index in [0.717, 1.165) is 12.8 Å². The first-order valence-corrected chi connectivity index (χ1v) is 9.95. The van der Waals surface area contributed by atoms with E-state index < -0.39 is 10.0 Å². The fourth-order valence-electron chi connectivity index (χ4n) is 4.10. The summed E-state index contributed by atoms with van der Waals surface area (Å²) < 4.78 is 36.0. The van der Waals surface area contributed by atoms with Gasteiger partial charge < -0.3 is 14.8 Å². The lowest BCUT2D eigenvalue weighted by Crippen LogP contribution is -2.52. The molecule has 0 aromatic heterocycles. The van der Waals surface area contributed by atoms with Gasteiger partial charge in [0.05, 0.1) is 6.26 Å². The molecule has 4 rings (SSSR count). The van der Waals surface area contributed by atoms with Crippen LogP contribution in [0.2, 0.25) is 0 Å². The smallest absolute Gasteiger partial charge is 0.251 e. The Balaban J connectivity index is 1.45. The van der Waals surface area contributed by atoms with Gasteiger partial charge in [0.1, 0.15) is 0 Å². The van der Waals surface area contributed by atoms with Gasteiger partial charge in [-0.3, -0.25) is 4.79 Å². The lowest BCUT2D eigenvalue weighted by atomic mass is 9.99. The lowest BCUT2D eigenvalue weighted by Gasteiger charge is -2.37. The summed E-state index contributed by atoms with van der Waals surface area (Å²) in [5.41, 5.74) is 0.525. The number of sulfonamides is 1. The fraction of sp³-hybridized carbons (Fsp3) is 0.562. The van der Waals surface area contributed by atoms with E-state index in [4.69, 9.17) is 9.47 Å². The van der Waals surface area contributed by atoms with Crippen molar-refractivity contribution in [1.82, 2.24) is 9.62 Å². The van der Waals surface area contributed by atoms with Gasteiger partial charge in [-0.2, -0.15) is 4.31 Å². The molecule has 0 aliphatic carbocycles. The summed E-state index contributed by atoms with van der Waals surface area (Å²) in [5, 5.41) is 3.04. The Morgan fingerprint density at radius 2 is 1.83 bits per heavy atom. The Kier molecular flexibility index (Phi) is 3.69. The molecule has 3 aliphatic rings. The molecule has 130 valence electrons. The van der Waals surface area contributed by atoms with Crippen LogP contribution in [0.15, 0.2) is 18.2 Å². The number of amides is 1. The Hall–Kier alpha value is -1.80. The molecule has 0 spiro atoms. The molecular weight excluding hydrogens is 332 g/mol.